The monoisotopic (exact) mass is 329 g/mol. The van der Waals surface area contributed by atoms with Crippen LogP contribution in [0, 0.1) is 0 Å². The molecule has 1 saturated carbocycles. The number of hydrogen-bond acceptors (Lipinski definition) is 5. The van der Waals surface area contributed by atoms with E-state index in [9.17, 15) is 13.5 Å². The molecule has 0 amide bonds. The minimum absolute atomic E-state index is 0.164. The van der Waals surface area contributed by atoms with Gasteiger partial charge in [-0.05, 0) is 25.7 Å². The van der Waals surface area contributed by atoms with Gasteiger partial charge in [0.1, 0.15) is 4.90 Å². The molecular weight excluding hydrogens is 306 g/mol. The SMILES string of the molecule is O=S(=O)(N[C@H]1CCCC[C@@H]1O)c1cnn(C2CCOCC2)c1. The number of rotatable bonds is 4. The van der Waals surface area contributed by atoms with Crippen LogP contribution in [-0.4, -0.2) is 48.7 Å². The molecule has 1 aromatic rings. The van der Waals surface area contributed by atoms with E-state index in [0.29, 0.717) is 26.1 Å². The molecule has 0 radical (unpaired) electrons. The fourth-order valence-corrected chi connectivity index (χ4v) is 4.37. The van der Waals surface area contributed by atoms with Crippen molar-refractivity contribution in [2.45, 2.75) is 61.6 Å². The minimum atomic E-state index is -3.64. The maximum Gasteiger partial charge on any atom is 0.244 e. The molecule has 124 valence electrons. The molecule has 2 fully saturated rings. The topological polar surface area (TPSA) is 93.5 Å². The highest BCUT2D eigenvalue weighted by molar-refractivity contribution is 7.89. The smallest absolute Gasteiger partial charge is 0.244 e. The first kappa shape index (κ1) is 15.9. The number of hydrogen-bond donors (Lipinski definition) is 2. The lowest BCUT2D eigenvalue weighted by Gasteiger charge is -2.27. The highest BCUT2D eigenvalue weighted by Gasteiger charge is 2.29. The van der Waals surface area contributed by atoms with Gasteiger partial charge in [0.05, 0.1) is 18.3 Å². The first-order valence-corrected chi connectivity index (χ1v) is 9.37. The first-order valence-electron chi connectivity index (χ1n) is 7.88. The van der Waals surface area contributed by atoms with Crippen LogP contribution in [0.4, 0.5) is 0 Å². The fourth-order valence-electron chi connectivity index (χ4n) is 3.12. The Labute approximate surface area is 130 Å². The standard InChI is InChI=1S/C14H23N3O4S/c18-14-4-2-1-3-13(14)16-22(19,20)12-9-15-17(10-12)11-5-7-21-8-6-11/h9-11,13-14,16,18H,1-8H2/t13-,14-/m0/s1. The van der Waals surface area contributed by atoms with Gasteiger partial charge in [0.25, 0.3) is 0 Å². The van der Waals surface area contributed by atoms with Crippen molar-refractivity contribution in [2.24, 2.45) is 0 Å². The molecule has 2 atom stereocenters. The molecule has 2 aliphatic rings. The molecule has 3 rings (SSSR count). The van der Waals surface area contributed by atoms with Crippen molar-refractivity contribution in [2.75, 3.05) is 13.2 Å². The summed E-state index contributed by atoms with van der Waals surface area (Å²) in [4.78, 5) is 0.164. The number of aliphatic hydroxyl groups is 1. The van der Waals surface area contributed by atoms with Gasteiger partial charge in [-0.25, -0.2) is 13.1 Å². The van der Waals surface area contributed by atoms with Crippen LogP contribution in [0.2, 0.25) is 0 Å². The van der Waals surface area contributed by atoms with Crippen molar-refractivity contribution in [3.63, 3.8) is 0 Å². The summed E-state index contributed by atoms with van der Waals surface area (Å²) < 4.78 is 34.5. The van der Waals surface area contributed by atoms with Gasteiger partial charge >= 0.3 is 0 Å². The van der Waals surface area contributed by atoms with E-state index < -0.39 is 22.2 Å². The van der Waals surface area contributed by atoms with E-state index in [0.717, 1.165) is 25.7 Å². The summed E-state index contributed by atoms with van der Waals surface area (Å²) in [5, 5.41) is 14.1. The summed E-state index contributed by atoms with van der Waals surface area (Å²) in [6.07, 6.45) is 7.25. The summed E-state index contributed by atoms with van der Waals surface area (Å²) in [6.45, 7) is 1.36. The first-order chi connectivity index (χ1) is 10.6. The fraction of sp³-hybridized carbons (Fsp3) is 0.786. The van der Waals surface area contributed by atoms with Crippen molar-refractivity contribution >= 4 is 10.0 Å². The molecular formula is C14H23N3O4S. The van der Waals surface area contributed by atoms with Gasteiger partial charge in [-0.1, -0.05) is 12.8 Å². The molecule has 0 bridgehead atoms. The van der Waals surface area contributed by atoms with Crippen LogP contribution >= 0.6 is 0 Å². The van der Waals surface area contributed by atoms with Crippen molar-refractivity contribution in [3.05, 3.63) is 12.4 Å². The normalized spacial score (nSPS) is 27.9. The third-order valence-corrected chi connectivity index (χ3v) is 5.93. The van der Waals surface area contributed by atoms with Crippen molar-refractivity contribution in [3.8, 4) is 0 Å². The molecule has 1 aromatic heterocycles. The van der Waals surface area contributed by atoms with Gasteiger partial charge in [-0.3, -0.25) is 4.68 Å². The Hall–Kier alpha value is -0.960. The van der Waals surface area contributed by atoms with E-state index in [1.54, 1.807) is 10.9 Å². The molecule has 0 aromatic carbocycles. The number of nitrogens with zero attached hydrogens (tertiary/aromatic N) is 2. The van der Waals surface area contributed by atoms with Crippen LogP contribution in [0.5, 0.6) is 0 Å². The molecule has 22 heavy (non-hydrogen) atoms. The van der Waals surface area contributed by atoms with Crippen LogP contribution in [0.25, 0.3) is 0 Å². The predicted molar refractivity (Wildman–Crippen MR) is 79.9 cm³/mol. The van der Waals surface area contributed by atoms with Crippen molar-refractivity contribution in [1.82, 2.24) is 14.5 Å². The van der Waals surface area contributed by atoms with Crippen LogP contribution < -0.4 is 4.72 Å². The lowest BCUT2D eigenvalue weighted by Crippen LogP contribution is -2.44. The highest BCUT2D eigenvalue weighted by Crippen LogP contribution is 2.23. The number of nitrogens with one attached hydrogen (secondary N) is 1. The largest absolute Gasteiger partial charge is 0.391 e. The van der Waals surface area contributed by atoms with E-state index >= 15 is 0 Å². The van der Waals surface area contributed by atoms with Crippen molar-refractivity contribution in [1.29, 1.82) is 0 Å². The number of aromatic nitrogens is 2. The molecule has 2 N–H and O–H groups in total. The molecule has 1 aliphatic heterocycles. The van der Waals surface area contributed by atoms with Gasteiger partial charge in [0, 0.05) is 25.5 Å². The molecule has 2 heterocycles. The van der Waals surface area contributed by atoms with E-state index in [1.807, 2.05) is 0 Å². The zero-order valence-corrected chi connectivity index (χ0v) is 13.3. The Morgan fingerprint density at radius 2 is 1.95 bits per heavy atom. The summed E-state index contributed by atoms with van der Waals surface area (Å²) in [7, 11) is -3.64. The Kier molecular flexibility index (Phi) is 4.82. The number of sulfonamides is 1. The second kappa shape index (κ2) is 6.66. The Morgan fingerprint density at radius 1 is 1.23 bits per heavy atom. The molecule has 8 heteroatoms. The van der Waals surface area contributed by atoms with Gasteiger partial charge < -0.3 is 9.84 Å². The Morgan fingerprint density at radius 3 is 2.68 bits per heavy atom. The molecule has 1 saturated heterocycles. The predicted octanol–water partition coefficient (Wildman–Crippen LogP) is 0.816. The summed E-state index contributed by atoms with van der Waals surface area (Å²) in [5.41, 5.74) is 0. The highest BCUT2D eigenvalue weighted by atomic mass is 32.2. The van der Waals surface area contributed by atoms with E-state index in [1.165, 1.54) is 6.20 Å². The number of ether oxygens (including phenoxy) is 1. The quantitative estimate of drug-likeness (QED) is 0.853. The van der Waals surface area contributed by atoms with Crippen LogP contribution in [0.15, 0.2) is 17.3 Å². The second-order valence-corrected chi connectivity index (χ2v) is 7.79. The maximum atomic E-state index is 12.4. The van der Waals surface area contributed by atoms with E-state index in [-0.39, 0.29) is 10.9 Å². The second-order valence-electron chi connectivity index (χ2n) is 6.08. The molecule has 0 unspecified atom stereocenters. The summed E-state index contributed by atoms with van der Waals surface area (Å²) in [5.74, 6) is 0. The van der Waals surface area contributed by atoms with Gasteiger partial charge in [0.2, 0.25) is 10.0 Å². The van der Waals surface area contributed by atoms with Gasteiger partial charge in [-0.15, -0.1) is 0 Å². The van der Waals surface area contributed by atoms with Crippen LogP contribution in [-0.2, 0) is 14.8 Å². The average Bonchev–Trinajstić information content (AvgIpc) is 3.01. The van der Waals surface area contributed by atoms with Gasteiger partial charge in [-0.2, -0.15) is 5.10 Å². The zero-order valence-electron chi connectivity index (χ0n) is 12.5. The molecule has 0 spiro atoms. The summed E-state index contributed by atoms with van der Waals surface area (Å²) in [6, 6.07) is -0.205. The lowest BCUT2D eigenvalue weighted by atomic mass is 9.93. The number of aliphatic hydroxyl groups excluding tert-OH is 1. The van der Waals surface area contributed by atoms with Crippen LogP contribution in [0.3, 0.4) is 0 Å². The third kappa shape index (κ3) is 3.51. The maximum absolute atomic E-state index is 12.4. The van der Waals surface area contributed by atoms with Crippen molar-refractivity contribution < 1.29 is 18.3 Å². The van der Waals surface area contributed by atoms with E-state index in [2.05, 4.69) is 9.82 Å². The molecule has 1 aliphatic carbocycles. The van der Waals surface area contributed by atoms with Gasteiger partial charge in [0.15, 0.2) is 0 Å². The zero-order chi connectivity index (χ0) is 15.6. The Balaban J connectivity index is 1.70. The Bertz CT molecular complexity index is 595. The minimum Gasteiger partial charge on any atom is -0.391 e. The van der Waals surface area contributed by atoms with Crippen LogP contribution in [0.1, 0.15) is 44.6 Å². The third-order valence-electron chi connectivity index (χ3n) is 4.49. The average molecular weight is 329 g/mol. The summed E-state index contributed by atoms with van der Waals surface area (Å²) >= 11 is 0. The molecule has 7 nitrogen and oxygen atoms in total. The lowest BCUT2D eigenvalue weighted by molar-refractivity contribution is 0.0662. The van der Waals surface area contributed by atoms with E-state index in [4.69, 9.17) is 4.74 Å².